The lowest BCUT2D eigenvalue weighted by atomic mass is 10.1. The molecule has 0 radical (unpaired) electrons. The molecule has 0 saturated heterocycles. The summed E-state index contributed by atoms with van der Waals surface area (Å²) in [7, 11) is 0. The average molecular weight is 271 g/mol. The lowest BCUT2D eigenvalue weighted by molar-refractivity contribution is 0.414. The number of fused-ring (bicyclic) bond motifs is 3. The molecule has 0 amide bonds. The van der Waals surface area contributed by atoms with Crippen LogP contribution < -0.4 is 0 Å². The summed E-state index contributed by atoms with van der Waals surface area (Å²) in [5.74, 6) is 0.526. The van der Waals surface area contributed by atoms with Crippen LogP contribution in [0.1, 0.15) is 26.8 Å². The van der Waals surface area contributed by atoms with Crippen LogP contribution in [0.15, 0.2) is 30.5 Å². The van der Waals surface area contributed by atoms with Crippen LogP contribution in [0.4, 0.5) is 0 Å². The molecule has 98 valence electrons. The first kappa shape index (κ1) is 12.4. The SMILES string of the molecule is CC(C)C(C)n1c(=S)[nH]c2cnc3ccccc3c21. The number of aromatic nitrogens is 3. The fraction of sp³-hybridized carbons (Fsp3) is 0.333. The number of pyridine rings is 1. The fourth-order valence-corrected chi connectivity index (χ4v) is 2.81. The van der Waals surface area contributed by atoms with E-state index in [2.05, 4.69) is 41.4 Å². The van der Waals surface area contributed by atoms with Gasteiger partial charge >= 0.3 is 0 Å². The maximum absolute atomic E-state index is 5.49. The third-order valence-electron chi connectivity index (χ3n) is 3.82. The quantitative estimate of drug-likeness (QED) is 0.698. The van der Waals surface area contributed by atoms with Gasteiger partial charge in [0.1, 0.15) is 0 Å². The Hall–Kier alpha value is -1.68. The van der Waals surface area contributed by atoms with Gasteiger partial charge in [0.15, 0.2) is 4.77 Å². The zero-order valence-corrected chi connectivity index (χ0v) is 12.2. The summed E-state index contributed by atoms with van der Waals surface area (Å²) in [6.07, 6.45) is 1.87. The molecule has 19 heavy (non-hydrogen) atoms. The Bertz CT molecular complexity index is 798. The number of H-pyrrole nitrogens is 1. The number of hydrogen-bond acceptors (Lipinski definition) is 2. The molecule has 3 aromatic rings. The van der Waals surface area contributed by atoms with Crippen molar-refractivity contribution in [1.29, 1.82) is 0 Å². The lowest BCUT2D eigenvalue weighted by Gasteiger charge is -2.19. The molecule has 0 fully saturated rings. The summed E-state index contributed by atoms with van der Waals surface area (Å²) in [4.78, 5) is 7.75. The summed E-state index contributed by atoms with van der Waals surface area (Å²) in [5.41, 5.74) is 3.18. The summed E-state index contributed by atoms with van der Waals surface area (Å²) in [5, 5.41) is 1.15. The molecule has 3 rings (SSSR count). The summed E-state index contributed by atoms with van der Waals surface area (Å²) in [6.45, 7) is 6.65. The van der Waals surface area contributed by atoms with Crippen LogP contribution in [-0.4, -0.2) is 14.5 Å². The largest absolute Gasteiger partial charge is 0.329 e. The highest BCUT2D eigenvalue weighted by molar-refractivity contribution is 7.71. The molecule has 1 unspecified atom stereocenters. The maximum atomic E-state index is 5.49. The van der Waals surface area contributed by atoms with Crippen LogP contribution in [0.3, 0.4) is 0 Å². The minimum Gasteiger partial charge on any atom is -0.329 e. The number of aromatic amines is 1. The van der Waals surface area contributed by atoms with E-state index in [0.29, 0.717) is 12.0 Å². The molecule has 0 aliphatic carbocycles. The van der Waals surface area contributed by atoms with Gasteiger partial charge in [-0.25, -0.2) is 0 Å². The molecule has 0 aliphatic rings. The van der Waals surface area contributed by atoms with Crippen molar-refractivity contribution in [2.24, 2.45) is 5.92 Å². The molecule has 3 nitrogen and oxygen atoms in total. The predicted octanol–water partition coefficient (Wildman–Crippen LogP) is 4.46. The van der Waals surface area contributed by atoms with Crippen LogP contribution in [-0.2, 0) is 0 Å². The van der Waals surface area contributed by atoms with Gasteiger partial charge in [0.25, 0.3) is 0 Å². The van der Waals surface area contributed by atoms with Gasteiger partial charge in [0.2, 0.25) is 0 Å². The highest BCUT2D eigenvalue weighted by atomic mass is 32.1. The molecule has 0 bridgehead atoms. The normalized spacial score (nSPS) is 13.5. The molecule has 1 aromatic carbocycles. The van der Waals surface area contributed by atoms with Gasteiger partial charge in [0, 0.05) is 11.4 Å². The topological polar surface area (TPSA) is 33.6 Å². The Morgan fingerprint density at radius 1 is 1.21 bits per heavy atom. The highest BCUT2D eigenvalue weighted by Gasteiger charge is 2.16. The van der Waals surface area contributed by atoms with Gasteiger partial charge < -0.3 is 9.55 Å². The Labute approximate surface area is 117 Å². The Morgan fingerprint density at radius 2 is 1.95 bits per heavy atom. The first-order chi connectivity index (χ1) is 9.09. The van der Waals surface area contributed by atoms with E-state index < -0.39 is 0 Å². The number of imidazole rings is 1. The molecule has 0 spiro atoms. The first-order valence-electron chi connectivity index (χ1n) is 6.57. The Kier molecular flexibility index (Phi) is 2.90. The second kappa shape index (κ2) is 4.46. The van der Waals surface area contributed by atoms with Gasteiger partial charge in [-0.1, -0.05) is 32.0 Å². The second-order valence-corrected chi connectivity index (χ2v) is 5.71. The van der Waals surface area contributed by atoms with E-state index in [9.17, 15) is 0 Å². The minimum atomic E-state index is 0.354. The zero-order valence-electron chi connectivity index (χ0n) is 11.3. The van der Waals surface area contributed by atoms with E-state index in [4.69, 9.17) is 12.2 Å². The smallest absolute Gasteiger partial charge is 0.178 e. The molecule has 1 N–H and O–H groups in total. The zero-order chi connectivity index (χ0) is 13.6. The first-order valence-corrected chi connectivity index (χ1v) is 6.98. The van der Waals surface area contributed by atoms with Crippen molar-refractivity contribution in [2.45, 2.75) is 26.8 Å². The minimum absolute atomic E-state index is 0.354. The number of benzene rings is 1. The lowest BCUT2D eigenvalue weighted by Crippen LogP contribution is -2.11. The predicted molar refractivity (Wildman–Crippen MR) is 82.0 cm³/mol. The van der Waals surface area contributed by atoms with Gasteiger partial charge in [0.05, 0.1) is 22.7 Å². The molecule has 0 aliphatic heterocycles. The van der Waals surface area contributed by atoms with E-state index in [-0.39, 0.29) is 0 Å². The van der Waals surface area contributed by atoms with Crippen molar-refractivity contribution in [3.8, 4) is 0 Å². The van der Waals surface area contributed by atoms with Crippen LogP contribution in [0, 0.1) is 10.7 Å². The highest BCUT2D eigenvalue weighted by Crippen LogP contribution is 2.28. The van der Waals surface area contributed by atoms with Crippen molar-refractivity contribution in [2.75, 3.05) is 0 Å². The number of nitrogens with one attached hydrogen (secondary N) is 1. The average Bonchev–Trinajstić information content (AvgIpc) is 2.74. The van der Waals surface area contributed by atoms with E-state index >= 15 is 0 Å². The van der Waals surface area contributed by atoms with Crippen LogP contribution in [0.5, 0.6) is 0 Å². The molecule has 1 atom stereocenters. The Morgan fingerprint density at radius 3 is 2.68 bits per heavy atom. The fourth-order valence-electron chi connectivity index (χ4n) is 2.44. The Balaban J connectivity index is 2.47. The van der Waals surface area contributed by atoms with Gasteiger partial charge in [-0.15, -0.1) is 0 Å². The van der Waals surface area contributed by atoms with Gasteiger partial charge in [-0.2, -0.15) is 0 Å². The van der Waals surface area contributed by atoms with Crippen LogP contribution in [0.2, 0.25) is 0 Å². The third kappa shape index (κ3) is 1.87. The van der Waals surface area contributed by atoms with Gasteiger partial charge in [-0.3, -0.25) is 4.98 Å². The number of rotatable bonds is 2. The van der Waals surface area contributed by atoms with Crippen molar-refractivity contribution in [3.63, 3.8) is 0 Å². The van der Waals surface area contributed by atoms with E-state index in [1.54, 1.807) is 0 Å². The summed E-state index contributed by atoms with van der Waals surface area (Å²) >= 11 is 5.49. The second-order valence-electron chi connectivity index (χ2n) is 5.32. The van der Waals surface area contributed by atoms with Crippen LogP contribution in [0.25, 0.3) is 21.9 Å². The number of hydrogen-bond donors (Lipinski definition) is 1. The van der Waals surface area contributed by atoms with Gasteiger partial charge in [-0.05, 0) is 31.1 Å². The van der Waals surface area contributed by atoms with E-state index in [0.717, 1.165) is 26.7 Å². The van der Waals surface area contributed by atoms with Crippen molar-refractivity contribution in [3.05, 3.63) is 35.2 Å². The molecular weight excluding hydrogens is 254 g/mol. The van der Waals surface area contributed by atoms with Crippen molar-refractivity contribution >= 4 is 34.2 Å². The molecule has 0 saturated carbocycles. The van der Waals surface area contributed by atoms with E-state index in [1.165, 1.54) is 0 Å². The van der Waals surface area contributed by atoms with E-state index in [1.807, 2.05) is 24.4 Å². The van der Waals surface area contributed by atoms with Crippen molar-refractivity contribution in [1.82, 2.24) is 14.5 Å². The third-order valence-corrected chi connectivity index (χ3v) is 4.12. The summed E-state index contributed by atoms with van der Waals surface area (Å²) in [6, 6.07) is 8.56. The standard InChI is InChI=1S/C15H17N3S/c1-9(2)10(3)18-14-11-6-4-5-7-12(11)16-8-13(14)17-15(18)19/h4-10H,1-3H3,(H,17,19). The summed E-state index contributed by atoms with van der Waals surface area (Å²) < 4.78 is 2.99. The maximum Gasteiger partial charge on any atom is 0.178 e. The molecular formula is C15H17N3S. The van der Waals surface area contributed by atoms with Crippen LogP contribution >= 0.6 is 12.2 Å². The molecule has 2 aromatic heterocycles. The monoisotopic (exact) mass is 271 g/mol. The molecule has 2 heterocycles. The van der Waals surface area contributed by atoms with Crippen molar-refractivity contribution < 1.29 is 0 Å². The number of para-hydroxylation sites is 1. The number of nitrogens with zero attached hydrogens (tertiary/aromatic N) is 2. The molecule has 4 heteroatoms.